The molecule has 1 amide bonds. The molecule has 0 aliphatic rings. The summed E-state index contributed by atoms with van der Waals surface area (Å²) in [7, 11) is 3.05. The molecule has 0 spiro atoms. The number of anilines is 1. The van der Waals surface area contributed by atoms with E-state index in [9.17, 15) is 9.59 Å². The van der Waals surface area contributed by atoms with Crippen LogP contribution >= 0.6 is 0 Å². The van der Waals surface area contributed by atoms with E-state index in [1.165, 1.54) is 20.3 Å². The van der Waals surface area contributed by atoms with Crippen LogP contribution in [0.2, 0.25) is 0 Å². The number of methoxy groups -OCH3 is 2. The summed E-state index contributed by atoms with van der Waals surface area (Å²) in [5.41, 5.74) is 1.49. The third kappa shape index (κ3) is 4.17. The van der Waals surface area contributed by atoms with Crippen LogP contribution < -0.4 is 20.3 Å². The van der Waals surface area contributed by atoms with Gasteiger partial charge in [0.05, 0.1) is 19.9 Å². The van der Waals surface area contributed by atoms with E-state index < -0.39 is 11.9 Å². The van der Waals surface area contributed by atoms with Gasteiger partial charge in [-0.15, -0.1) is 0 Å². The second kappa shape index (κ2) is 8.34. The van der Waals surface area contributed by atoms with E-state index >= 15 is 0 Å². The van der Waals surface area contributed by atoms with E-state index in [2.05, 4.69) is 15.4 Å². The van der Waals surface area contributed by atoms with Crippen LogP contribution in [-0.2, 0) is 4.79 Å². The molecule has 28 heavy (non-hydrogen) atoms. The molecule has 3 rings (SSSR count). The van der Waals surface area contributed by atoms with E-state index in [4.69, 9.17) is 9.47 Å². The minimum Gasteiger partial charge on any atom is -0.497 e. The van der Waals surface area contributed by atoms with Crippen LogP contribution in [-0.4, -0.2) is 34.9 Å². The van der Waals surface area contributed by atoms with Crippen molar-refractivity contribution in [1.82, 2.24) is 14.8 Å². The fraction of sp³-hybridized carbons (Fsp3) is 0.200. The van der Waals surface area contributed by atoms with Crippen molar-refractivity contribution in [2.24, 2.45) is 0 Å². The molecule has 0 bridgehead atoms. The minimum atomic E-state index is -0.827. The first-order valence-electron chi connectivity index (χ1n) is 8.56. The molecule has 144 valence electrons. The summed E-state index contributed by atoms with van der Waals surface area (Å²) < 4.78 is 11.6. The summed E-state index contributed by atoms with van der Waals surface area (Å²) in [5.74, 6) is 0.686. The first kappa shape index (κ1) is 19.1. The van der Waals surface area contributed by atoms with Crippen molar-refractivity contribution < 1.29 is 14.3 Å². The van der Waals surface area contributed by atoms with Gasteiger partial charge in [-0.2, -0.15) is 5.10 Å². The molecule has 0 fully saturated rings. The SMILES string of the molecule is COc1cc(NC(=O)C(C)n2nc(-c3ccncc3)ccc2=O)cc(OC)c1. The molecule has 0 aliphatic carbocycles. The van der Waals surface area contributed by atoms with Gasteiger partial charge in [0.25, 0.3) is 5.56 Å². The Hall–Kier alpha value is -3.68. The fourth-order valence-corrected chi connectivity index (χ4v) is 2.62. The largest absolute Gasteiger partial charge is 0.497 e. The Balaban J connectivity index is 1.87. The smallest absolute Gasteiger partial charge is 0.267 e. The Labute approximate surface area is 161 Å². The quantitative estimate of drug-likeness (QED) is 0.706. The zero-order chi connectivity index (χ0) is 20.1. The maximum atomic E-state index is 12.7. The lowest BCUT2D eigenvalue weighted by molar-refractivity contribution is -0.119. The Morgan fingerprint density at radius 3 is 2.29 bits per heavy atom. The maximum Gasteiger partial charge on any atom is 0.267 e. The van der Waals surface area contributed by atoms with Crippen molar-refractivity contribution in [2.75, 3.05) is 19.5 Å². The minimum absolute atomic E-state index is 0.372. The summed E-state index contributed by atoms with van der Waals surface area (Å²) in [4.78, 5) is 28.9. The van der Waals surface area contributed by atoms with Gasteiger partial charge in [0.15, 0.2) is 0 Å². The number of nitrogens with one attached hydrogen (secondary N) is 1. The average molecular weight is 380 g/mol. The van der Waals surface area contributed by atoms with Crippen LogP contribution in [0.1, 0.15) is 13.0 Å². The van der Waals surface area contributed by atoms with Crippen LogP contribution in [0.15, 0.2) is 59.7 Å². The van der Waals surface area contributed by atoms with Gasteiger partial charge in [0.1, 0.15) is 17.5 Å². The van der Waals surface area contributed by atoms with E-state index in [1.807, 2.05) is 0 Å². The number of carbonyl (C=O) groups is 1. The van der Waals surface area contributed by atoms with Crippen LogP contribution in [0.25, 0.3) is 11.3 Å². The predicted octanol–water partition coefficient (Wildman–Crippen LogP) is 2.52. The van der Waals surface area contributed by atoms with E-state index in [1.54, 1.807) is 55.7 Å². The number of ether oxygens (including phenoxy) is 2. The van der Waals surface area contributed by atoms with Crippen molar-refractivity contribution in [3.05, 3.63) is 65.2 Å². The fourth-order valence-electron chi connectivity index (χ4n) is 2.62. The molecule has 0 saturated heterocycles. The summed E-state index contributed by atoms with van der Waals surface area (Å²) in [6.07, 6.45) is 3.28. The third-order valence-corrected chi connectivity index (χ3v) is 4.17. The van der Waals surface area contributed by atoms with Gasteiger partial charge in [-0.1, -0.05) is 0 Å². The highest BCUT2D eigenvalue weighted by Gasteiger charge is 2.19. The van der Waals surface area contributed by atoms with Crippen molar-refractivity contribution in [1.29, 1.82) is 0 Å². The van der Waals surface area contributed by atoms with Crippen LogP contribution in [0.4, 0.5) is 5.69 Å². The molecule has 8 nitrogen and oxygen atoms in total. The van der Waals surface area contributed by atoms with Crippen LogP contribution in [0.5, 0.6) is 11.5 Å². The average Bonchev–Trinajstić information content (AvgIpc) is 2.73. The number of aromatic nitrogens is 3. The molecule has 1 N–H and O–H groups in total. The molecule has 8 heteroatoms. The number of carbonyl (C=O) groups excluding carboxylic acids is 1. The topological polar surface area (TPSA) is 95.3 Å². The predicted molar refractivity (Wildman–Crippen MR) is 105 cm³/mol. The lowest BCUT2D eigenvalue weighted by atomic mass is 10.2. The highest BCUT2D eigenvalue weighted by atomic mass is 16.5. The molecule has 0 radical (unpaired) electrons. The lowest BCUT2D eigenvalue weighted by Crippen LogP contribution is -2.33. The van der Waals surface area contributed by atoms with Gasteiger partial charge in [-0.3, -0.25) is 14.6 Å². The number of benzene rings is 1. The van der Waals surface area contributed by atoms with Gasteiger partial charge in [0, 0.05) is 47.9 Å². The Morgan fingerprint density at radius 2 is 1.68 bits per heavy atom. The number of rotatable bonds is 6. The zero-order valence-corrected chi connectivity index (χ0v) is 15.7. The Morgan fingerprint density at radius 1 is 1.04 bits per heavy atom. The molecule has 1 atom stereocenters. The number of hydrogen-bond acceptors (Lipinski definition) is 6. The van der Waals surface area contributed by atoms with Gasteiger partial charge in [0.2, 0.25) is 5.91 Å². The lowest BCUT2D eigenvalue weighted by Gasteiger charge is -2.16. The number of nitrogens with zero attached hydrogens (tertiary/aromatic N) is 3. The molecule has 1 unspecified atom stereocenters. The zero-order valence-electron chi connectivity index (χ0n) is 15.7. The number of amides is 1. The first-order chi connectivity index (χ1) is 13.5. The van der Waals surface area contributed by atoms with Crippen molar-refractivity contribution in [2.45, 2.75) is 13.0 Å². The molecule has 0 saturated carbocycles. The van der Waals surface area contributed by atoms with Crippen molar-refractivity contribution in [3.63, 3.8) is 0 Å². The molecule has 1 aromatic carbocycles. The summed E-state index contributed by atoms with van der Waals surface area (Å²) in [6, 6.07) is 10.8. The van der Waals surface area contributed by atoms with E-state index in [-0.39, 0.29) is 5.56 Å². The summed E-state index contributed by atoms with van der Waals surface area (Å²) in [6.45, 7) is 1.61. The molecule has 2 heterocycles. The standard InChI is InChI=1S/C20H20N4O4/c1-13(20(26)22-15-10-16(27-2)12-17(11-15)28-3)24-19(25)5-4-18(23-24)14-6-8-21-9-7-14/h4-13H,1-3H3,(H,22,26). The first-order valence-corrected chi connectivity index (χ1v) is 8.56. The normalized spacial score (nSPS) is 11.5. The molecular weight excluding hydrogens is 360 g/mol. The molecular formula is C20H20N4O4. The van der Waals surface area contributed by atoms with Gasteiger partial charge >= 0.3 is 0 Å². The number of hydrogen-bond donors (Lipinski definition) is 1. The number of pyridine rings is 1. The van der Waals surface area contributed by atoms with Gasteiger partial charge in [-0.25, -0.2) is 4.68 Å². The van der Waals surface area contributed by atoms with E-state index in [0.717, 1.165) is 10.2 Å². The van der Waals surface area contributed by atoms with Gasteiger partial charge in [-0.05, 0) is 25.1 Å². The Bertz CT molecular complexity index is 1010. The third-order valence-electron chi connectivity index (χ3n) is 4.17. The van der Waals surface area contributed by atoms with Crippen molar-refractivity contribution in [3.8, 4) is 22.8 Å². The monoisotopic (exact) mass is 380 g/mol. The molecule has 2 aromatic heterocycles. The second-order valence-electron chi connectivity index (χ2n) is 6.00. The van der Waals surface area contributed by atoms with E-state index in [0.29, 0.717) is 22.9 Å². The highest BCUT2D eigenvalue weighted by molar-refractivity contribution is 5.93. The molecule has 3 aromatic rings. The highest BCUT2D eigenvalue weighted by Crippen LogP contribution is 2.26. The van der Waals surface area contributed by atoms with Gasteiger partial charge < -0.3 is 14.8 Å². The summed E-state index contributed by atoms with van der Waals surface area (Å²) in [5, 5.41) is 7.11. The van der Waals surface area contributed by atoms with Crippen LogP contribution in [0.3, 0.4) is 0 Å². The van der Waals surface area contributed by atoms with Crippen LogP contribution in [0, 0.1) is 0 Å². The Kier molecular flexibility index (Phi) is 5.69. The molecule has 0 aliphatic heterocycles. The van der Waals surface area contributed by atoms with Crippen molar-refractivity contribution >= 4 is 11.6 Å². The summed E-state index contributed by atoms with van der Waals surface area (Å²) >= 11 is 0. The maximum absolute atomic E-state index is 12.7. The second-order valence-corrected chi connectivity index (χ2v) is 6.00.